The number of nitrogens with zero attached hydrogens (tertiary/aromatic N) is 2. The van der Waals surface area contributed by atoms with Gasteiger partial charge in [0.1, 0.15) is 5.78 Å². The van der Waals surface area contributed by atoms with Crippen LogP contribution in [0, 0.1) is 11.8 Å². The van der Waals surface area contributed by atoms with Gasteiger partial charge in [-0.25, -0.2) is 0 Å². The Hall–Kier alpha value is -2.05. The lowest BCUT2D eigenvalue weighted by atomic mass is 9.66. The zero-order valence-electron chi connectivity index (χ0n) is 15.5. The number of hydrogen-bond donors (Lipinski definition) is 2. The molecule has 1 aromatic heterocycles. The van der Waals surface area contributed by atoms with Gasteiger partial charge in [-0.1, -0.05) is 6.92 Å². The normalized spacial score (nSPS) is 29.0. The fraction of sp³-hybridized carbons (Fsp3) is 0.550. The Kier molecular flexibility index (Phi) is 6.16. The topological polar surface area (TPSA) is 89.6 Å². The highest BCUT2D eigenvalue weighted by atomic mass is 16.5. The van der Waals surface area contributed by atoms with Crippen LogP contribution in [0.3, 0.4) is 0 Å². The molecule has 1 aliphatic carbocycles. The van der Waals surface area contributed by atoms with Crippen molar-refractivity contribution >= 4 is 12.0 Å². The number of Topliss-reactive ketones (excluding diaryl/α,β-unsaturated/α-hetero) is 1. The molecule has 140 valence electrons. The molecule has 1 aliphatic heterocycles. The van der Waals surface area contributed by atoms with Crippen molar-refractivity contribution in [1.82, 2.24) is 10.3 Å². The number of nitrogens with one attached hydrogen (secondary N) is 1. The highest BCUT2D eigenvalue weighted by Gasteiger charge is 2.45. The van der Waals surface area contributed by atoms with Crippen LogP contribution in [0.2, 0.25) is 0 Å². The van der Waals surface area contributed by atoms with Crippen molar-refractivity contribution in [2.75, 3.05) is 26.8 Å². The lowest BCUT2D eigenvalue weighted by Crippen LogP contribution is -2.52. The van der Waals surface area contributed by atoms with Crippen LogP contribution in [0.25, 0.3) is 0 Å². The monoisotopic (exact) mass is 356 g/mol. The number of nitrogens with two attached hydrogens (primary N) is 1. The molecule has 0 bridgehead atoms. The third-order valence-electron chi connectivity index (χ3n) is 5.26. The predicted molar refractivity (Wildman–Crippen MR) is 102 cm³/mol. The molecule has 0 aromatic carbocycles. The van der Waals surface area contributed by atoms with Gasteiger partial charge in [0.2, 0.25) is 0 Å². The van der Waals surface area contributed by atoms with Crippen molar-refractivity contribution in [3.63, 3.8) is 0 Å². The number of ketones is 1. The number of aromatic nitrogens is 1. The number of ether oxygens (including phenoxy) is 1. The summed E-state index contributed by atoms with van der Waals surface area (Å²) >= 11 is 0. The number of pyridine rings is 1. The summed E-state index contributed by atoms with van der Waals surface area (Å²) in [5.74, 6) is 0.609. The molecule has 6 nitrogen and oxygen atoms in total. The fourth-order valence-electron chi connectivity index (χ4n) is 4.26. The second-order valence-corrected chi connectivity index (χ2v) is 7.21. The van der Waals surface area contributed by atoms with Gasteiger partial charge in [0, 0.05) is 62.2 Å². The number of fused-ring (bicyclic) bond motifs is 1. The van der Waals surface area contributed by atoms with E-state index >= 15 is 0 Å². The first-order valence-corrected chi connectivity index (χ1v) is 9.27. The molecule has 3 N–H and O–H groups in total. The fourth-order valence-corrected chi connectivity index (χ4v) is 4.26. The third kappa shape index (κ3) is 3.86. The molecule has 4 unspecified atom stereocenters. The first-order valence-electron chi connectivity index (χ1n) is 9.27. The van der Waals surface area contributed by atoms with Gasteiger partial charge in [-0.2, -0.15) is 0 Å². The molecule has 0 radical (unpaired) electrons. The quantitative estimate of drug-likeness (QED) is 0.598. The average Bonchev–Trinajstić information content (AvgIpc) is 2.63. The van der Waals surface area contributed by atoms with E-state index in [4.69, 9.17) is 10.5 Å². The van der Waals surface area contributed by atoms with Crippen molar-refractivity contribution in [3.8, 4) is 0 Å². The Morgan fingerprint density at radius 3 is 2.88 bits per heavy atom. The summed E-state index contributed by atoms with van der Waals surface area (Å²) in [6.45, 7) is 3.59. The lowest BCUT2D eigenvalue weighted by molar-refractivity contribution is -0.127. The highest BCUT2D eigenvalue weighted by Crippen LogP contribution is 2.43. The van der Waals surface area contributed by atoms with E-state index in [1.165, 1.54) is 0 Å². The maximum atomic E-state index is 13.0. The van der Waals surface area contributed by atoms with Gasteiger partial charge in [0.25, 0.3) is 0 Å². The number of carbonyl (C=O) groups excluding carboxylic acids is 1. The Morgan fingerprint density at radius 1 is 1.42 bits per heavy atom. The first-order chi connectivity index (χ1) is 12.7. The molecule has 0 saturated heterocycles. The van der Waals surface area contributed by atoms with Gasteiger partial charge in [-0.3, -0.25) is 14.8 Å². The molecule has 2 aliphatic rings. The van der Waals surface area contributed by atoms with E-state index in [1.54, 1.807) is 19.4 Å². The molecule has 1 aromatic rings. The van der Waals surface area contributed by atoms with E-state index in [1.807, 2.05) is 18.3 Å². The van der Waals surface area contributed by atoms with Gasteiger partial charge in [-0.05, 0) is 35.6 Å². The number of rotatable bonds is 6. The van der Waals surface area contributed by atoms with Crippen molar-refractivity contribution in [1.29, 1.82) is 0 Å². The van der Waals surface area contributed by atoms with E-state index in [2.05, 4.69) is 22.2 Å². The van der Waals surface area contributed by atoms with Gasteiger partial charge in [0.05, 0.1) is 13.2 Å². The average molecular weight is 356 g/mol. The molecule has 0 amide bonds. The summed E-state index contributed by atoms with van der Waals surface area (Å²) in [7, 11) is 1.76. The first kappa shape index (κ1) is 18.7. The van der Waals surface area contributed by atoms with Crippen molar-refractivity contribution in [2.24, 2.45) is 22.6 Å². The van der Waals surface area contributed by atoms with Crippen LogP contribution in [0.15, 0.2) is 40.8 Å². The molecule has 26 heavy (non-hydrogen) atoms. The summed E-state index contributed by atoms with van der Waals surface area (Å²) in [6.07, 6.45) is 7.05. The number of aliphatic imine (C=N–C) groups is 1. The van der Waals surface area contributed by atoms with Crippen LogP contribution < -0.4 is 11.1 Å². The number of allylic oxidation sites excluding steroid dienone is 1. The van der Waals surface area contributed by atoms with Gasteiger partial charge in [-0.15, -0.1) is 0 Å². The number of hydrogen-bond acceptors (Lipinski definition) is 6. The van der Waals surface area contributed by atoms with Crippen LogP contribution in [-0.2, 0) is 9.53 Å². The zero-order valence-corrected chi connectivity index (χ0v) is 15.5. The van der Waals surface area contributed by atoms with Crippen molar-refractivity contribution in [2.45, 2.75) is 31.7 Å². The summed E-state index contributed by atoms with van der Waals surface area (Å²) in [4.78, 5) is 21.4. The van der Waals surface area contributed by atoms with Crippen molar-refractivity contribution in [3.05, 3.63) is 41.4 Å². The molecular weight excluding hydrogens is 328 g/mol. The highest BCUT2D eigenvalue weighted by molar-refractivity contribution is 5.90. The molecular formula is C20H28N4O2. The zero-order chi connectivity index (χ0) is 18.5. The molecule has 1 saturated carbocycles. The van der Waals surface area contributed by atoms with Crippen LogP contribution >= 0.6 is 0 Å². The smallest absolute Gasteiger partial charge is 0.139 e. The summed E-state index contributed by atoms with van der Waals surface area (Å²) in [5.41, 5.74) is 8.70. The Bertz CT molecular complexity index is 686. The summed E-state index contributed by atoms with van der Waals surface area (Å²) < 4.78 is 5.71. The lowest BCUT2D eigenvalue weighted by Gasteiger charge is -2.44. The predicted octanol–water partition coefficient (Wildman–Crippen LogP) is 1.68. The van der Waals surface area contributed by atoms with E-state index in [0.29, 0.717) is 37.9 Å². The van der Waals surface area contributed by atoms with E-state index in [-0.39, 0.29) is 17.9 Å². The molecule has 4 atom stereocenters. The SMILES string of the molecule is CN=CC1=C(COCCN)NC2CC(C)CC(=O)C2C1c1ccncc1. The van der Waals surface area contributed by atoms with Crippen LogP contribution in [-0.4, -0.2) is 49.8 Å². The Labute approximate surface area is 154 Å². The van der Waals surface area contributed by atoms with E-state index < -0.39 is 0 Å². The summed E-state index contributed by atoms with van der Waals surface area (Å²) in [5, 5.41) is 3.60. The maximum Gasteiger partial charge on any atom is 0.139 e. The Morgan fingerprint density at radius 2 is 2.19 bits per heavy atom. The van der Waals surface area contributed by atoms with E-state index in [0.717, 1.165) is 23.3 Å². The van der Waals surface area contributed by atoms with Gasteiger partial charge >= 0.3 is 0 Å². The minimum atomic E-state index is -0.0835. The maximum absolute atomic E-state index is 13.0. The van der Waals surface area contributed by atoms with Gasteiger partial charge in [0.15, 0.2) is 0 Å². The summed E-state index contributed by atoms with van der Waals surface area (Å²) in [6, 6.07) is 4.12. The molecule has 0 spiro atoms. The van der Waals surface area contributed by atoms with Crippen LogP contribution in [0.4, 0.5) is 0 Å². The molecule has 2 heterocycles. The Balaban J connectivity index is 2.05. The third-order valence-corrected chi connectivity index (χ3v) is 5.26. The molecule has 6 heteroatoms. The number of carbonyl (C=O) groups is 1. The second kappa shape index (κ2) is 8.56. The van der Waals surface area contributed by atoms with Crippen molar-refractivity contribution < 1.29 is 9.53 Å². The molecule has 3 rings (SSSR count). The second-order valence-electron chi connectivity index (χ2n) is 7.21. The van der Waals surface area contributed by atoms with E-state index in [9.17, 15) is 4.79 Å². The van der Waals surface area contributed by atoms with Crippen LogP contribution in [0.1, 0.15) is 31.2 Å². The standard InChI is InChI=1S/C20H28N4O2/c1-13-9-16-20(18(25)10-13)19(14-3-6-23-7-4-14)15(11-22-2)17(24-16)12-26-8-5-21/h3-4,6-7,11,13,16,19-20,24H,5,8-10,12,21H2,1-2H3. The van der Waals surface area contributed by atoms with Crippen LogP contribution in [0.5, 0.6) is 0 Å². The largest absolute Gasteiger partial charge is 0.383 e. The minimum absolute atomic E-state index is 0.0237. The molecule has 1 fully saturated rings. The minimum Gasteiger partial charge on any atom is -0.383 e. The van der Waals surface area contributed by atoms with Gasteiger partial charge < -0.3 is 15.8 Å².